The van der Waals surface area contributed by atoms with Crippen LogP contribution in [-0.4, -0.2) is 33.7 Å². The van der Waals surface area contributed by atoms with Gasteiger partial charge in [0, 0.05) is 6.07 Å². The zero-order valence-electron chi connectivity index (χ0n) is 11.7. The highest BCUT2D eigenvalue weighted by molar-refractivity contribution is 5.77. The molecular formula is C14H21N3O3. The molecule has 6 nitrogen and oxygen atoms in total. The van der Waals surface area contributed by atoms with Gasteiger partial charge in [0.1, 0.15) is 18.2 Å². The van der Waals surface area contributed by atoms with Crippen molar-refractivity contribution in [3.63, 3.8) is 0 Å². The number of hydrogen-bond acceptors (Lipinski definition) is 5. The Morgan fingerprint density at radius 2 is 2.20 bits per heavy atom. The van der Waals surface area contributed by atoms with E-state index in [-0.39, 0.29) is 5.92 Å². The lowest BCUT2D eigenvalue weighted by atomic mass is 9.84. The highest BCUT2D eigenvalue weighted by Gasteiger charge is 2.29. The summed E-state index contributed by atoms with van der Waals surface area (Å²) in [4.78, 5) is 19.5. The average Bonchev–Trinajstić information content (AvgIpc) is 2.46. The Kier molecular flexibility index (Phi) is 5.15. The fraction of sp³-hybridized carbons (Fsp3) is 0.643. The lowest BCUT2D eigenvalue weighted by Gasteiger charge is -2.28. The number of nitrogens with one attached hydrogen (secondary N) is 1. The fourth-order valence-electron chi connectivity index (χ4n) is 2.65. The molecule has 1 fully saturated rings. The van der Waals surface area contributed by atoms with Gasteiger partial charge in [-0.15, -0.1) is 0 Å². The number of aliphatic carboxylic acids is 1. The first-order valence-corrected chi connectivity index (χ1v) is 7.15. The standard InChI is InChI=1S/C14H21N3O3/c1-2-20-12-8-11(15-9-16-12)17-13(14(18)19)10-6-4-3-5-7-10/h8-10,13H,2-7H2,1H3,(H,18,19)(H,15,16,17). The van der Waals surface area contributed by atoms with Gasteiger partial charge >= 0.3 is 5.97 Å². The number of carboxylic acid groups (broad SMARTS) is 1. The topological polar surface area (TPSA) is 84.3 Å². The Labute approximate surface area is 118 Å². The van der Waals surface area contributed by atoms with E-state index in [2.05, 4.69) is 15.3 Å². The molecule has 0 spiro atoms. The van der Waals surface area contributed by atoms with Gasteiger partial charge in [0.2, 0.25) is 5.88 Å². The number of carboxylic acids is 1. The van der Waals surface area contributed by atoms with E-state index in [4.69, 9.17) is 4.74 Å². The molecule has 1 heterocycles. The van der Waals surface area contributed by atoms with Crippen molar-refractivity contribution >= 4 is 11.8 Å². The smallest absolute Gasteiger partial charge is 0.326 e. The lowest BCUT2D eigenvalue weighted by molar-refractivity contribution is -0.139. The average molecular weight is 279 g/mol. The van der Waals surface area contributed by atoms with Crippen molar-refractivity contribution in [1.82, 2.24) is 9.97 Å². The molecule has 1 aromatic heterocycles. The maximum absolute atomic E-state index is 11.5. The highest BCUT2D eigenvalue weighted by atomic mass is 16.5. The van der Waals surface area contributed by atoms with E-state index in [1.54, 1.807) is 6.07 Å². The number of anilines is 1. The van der Waals surface area contributed by atoms with Crippen molar-refractivity contribution in [3.8, 4) is 5.88 Å². The Morgan fingerprint density at radius 1 is 1.45 bits per heavy atom. The first-order valence-electron chi connectivity index (χ1n) is 7.15. The van der Waals surface area contributed by atoms with Crippen LogP contribution in [0.2, 0.25) is 0 Å². The number of carbonyl (C=O) groups is 1. The number of aromatic nitrogens is 2. The molecule has 1 unspecified atom stereocenters. The van der Waals surface area contributed by atoms with E-state index in [1.165, 1.54) is 12.7 Å². The van der Waals surface area contributed by atoms with Crippen molar-refractivity contribution in [2.75, 3.05) is 11.9 Å². The molecule has 1 saturated carbocycles. The predicted octanol–water partition coefficient (Wildman–Crippen LogP) is 2.32. The van der Waals surface area contributed by atoms with Gasteiger partial charge < -0.3 is 15.2 Å². The second-order valence-corrected chi connectivity index (χ2v) is 5.03. The van der Waals surface area contributed by atoms with Crippen LogP contribution < -0.4 is 10.1 Å². The monoisotopic (exact) mass is 279 g/mol. The first kappa shape index (κ1) is 14.6. The predicted molar refractivity (Wildman–Crippen MR) is 74.8 cm³/mol. The second kappa shape index (κ2) is 7.07. The molecule has 1 aromatic rings. The quantitative estimate of drug-likeness (QED) is 0.831. The molecular weight excluding hydrogens is 258 g/mol. The summed E-state index contributed by atoms with van der Waals surface area (Å²) in [6, 6.07) is 1.04. The Balaban J connectivity index is 2.07. The normalized spacial score (nSPS) is 17.4. The Morgan fingerprint density at radius 3 is 2.85 bits per heavy atom. The van der Waals surface area contributed by atoms with Crippen LogP contribution in [0, 0.1) is 5.92 Å². The minimum absolute atomic E-state index is 0.159. The largest absolute Gasteiger partial charge is 0.480 e. The van der Waals surface area contributed by atoms with Gasteiger partial charge in [-0.05, 0) is 25.7 Å². The van der Waals surface area contributed by atoms with E-state index >= 15 is 0 Å². The summed E-state index contributed by atoms with van der Waals surface area (Å²) in [5.41, 5.74) is 0. The van der Waals surface area contributed by atoms with Crippen LogP contribution in [0.3, 0.4) is 0 Å². The van der Waals surface area contributed by atoms with Gasteiger partial charge in [-0.1, -0.05) is 19.3 Å². The molecule has 6 heteroatoms. The summed E-state index contributed by atoms with van der Waals surface area (Å²) < 4.78 is 5.30. The van der Waals surface area contributed by atoms with E-state index in [0.717, 1.165) is 25.7 Å². The molecule has 0 saturated heterocycles. The molecule has 2 rings (SSSR count). The van der Waals surface area contributed by atoms with Gasteiger partial charge in [0.05, 0.1) is 6.61 Å². The fourth-order valence-corrected chi connectivity index (χ4v) is 2.65. The maximum Gasteiger partial charge on any atom is 0.326 e. The van der Waals surface area contributed by atoms with Crippen LogP contribution in [-0.2, 0) is 4.79 Å². The molecule has 1 aliphatic rings. The zero-order valence-corrected chi connectivity index (χ0v) is 11.7. The van der Waals surface area contributed by atoms with Crippen LogP contribution in [0.1, 0.15) is 39.0 Å². The Bertz CT molecular complexity index is 447. The lowest BCUT2D eigenvalue weighted by Crippen LogP contribution is -2.38. The number of ether oxygens (including phenoxy) is 1. The summed E-state index contributed by atoms with van der Waals surface area (Å²) >= 11 is 0. The molecule has 2 N–H and O–H groups in total. The first-order chi connectivity index (χ1) is 9.70. The number of nitrogens with zero attached hydrogens (tertiary/aromatic N) is 2. The van der Waals surface area contributed by atoms with Crippen LogP contribution in [0.4, 0.5) is 5.82 Å². The molecule has 0 aromatic carbocycles. The van der Waals surface area contributed by atoms with Gasteiger partial charge in [-0.2, -0.15) is 0 Å². The second-order valence-electron chi connectivity index (χ2n) is 5.03. The molecule has 110 valence electrons. The molecule has 0 bridgehead atoms. The SMILES string of the molecule is CCOc1cc(NC(C(=O)O)C2CCCCC2)ncn1. The summed E-state index contributed by atoms with van der Waals surface area (Å²) in [6.45, 7) is 2.39. The third kappa shape index (κ3) is 3.82. The molecule has 1 atom stereocenters. The van der Waals surface area contributed by atoms with Crippen LogP contribution in [0.25, 0.3) is 0 Å². The molecule has 20 heavy (non-hydrogen) atoms. The third-order valence-corrected chi connectivity index (χ3v) is 3.62. The number of rotatable bonds is 6. The molecule has 0 amide bonds. The van der Waals surface area contributed by atoms with Gasteiger partial charge in [0.25, 0.3) is 0 Å². The summed E-state index contributed by atoms with van der Waals surface area (Å²) in [5.74, 6) is 0.291. The Hall–Kier alpha value is -1.85. The minimum Gasteiger partial charge on any atom is -0.480 e. The van der Waals surface area contributed by atoms with Crippen LogP contribution in [0.5, 0.6) is 5.88 Å². The summed E-state index contributed by atoms with van der Waals surface area (Å²) in [7, 11) is 0. The van der Waals surface area contributed by atoms with Crippen LogP contribution >= 0.6 is 0 Å². The van der Waals surface area contributed by atoms with E-state index in [1.807, 2.05) is 6.92 Å². The molecule has 0 aliphatic heterocycles. The van der Waals surface area contributed by atoms with Gasteiger partial charge in [0.15, 0.2) is 0 Å². The van der Waals surface area contributed by atoms with Gasteiger partial charge in [-0.3, -0.25) is 0 Å². The summed E-state index contributed by atoms with van der Waals surface area (Å²) in [5, 5.41) is 12.4. The van der Waals surface area contributed by atoms with Crippen molar-refractivity contribution < 1.29 is 14.6 Å². The van der Waals surface area contributed by atoms with E-state index in [0.29, 0.717) is 18.3 Å². The van der Waals surface area contributed by atoms with Crippen molar-refractivity contribution in [2.24, 2.45) is 5.92 Å². The van der Waals surface area contributed by atoms with Crippen molar-refractivity contribution in [3.05, 3.63) is 12.4 Å². The molecule has 0 radical (unpaired) electrons. The zero-order chi connectivity index (χ0) is 14.4. The highest BCUT2D eigenvalue weighted by Crippen LogP contribution is 2.28. The van der Waals surface area contributed by atoms with E-state index in [9.17, 15) is 9.90 Å². The van der Waals surface area contributed by atoms with Crippen LogP contribution in [0.15, 0.2) is 12.4 Å². The van der Waals surface area contributed by atoms with Crippen molar-refractivity contribution in [2.45, 2.75) is 45.1 Å². The molecule has 1 aliphatic carbocycles. The maximum atomic E-state index is 11.5. The minimum atomic E-state index is -0.825. The van der Waals surface area contributed by atoms with Gasteiger partial charge in [-0.25, -0.2) is 14.8 Å². The summed E-state index contributed by atoms with van der Waals surface area (Å²) in [6.07, 6.45) is 6.69. The van der Waals surface area contributed by atoms with Crippen molar-refractivity contribution in [1.29, 1.82) is 0 Å². The third-order valence-electron chi connectivity index (χ3n) is 3.62. The number of hydrogen-bond donors (Lipinski definition) is 2. The van der Waals surface area contributed by atoms with E-state index < -0.39 is 12.0 Å².